The Morgan fingerprint density at radius 2 is 1.42 bits per heavy atom. The van der Waals surface area contributed by atoms with Crippen LogP contribution in [0.1, 0.15) is 26.3 Å². The van der Waals surface area contributed by atoms with Crippen molar-refractivity contribution in [1.29, 1.82) is 0 Å². The van der Waals surface area contributed by atoms with Gasteiger partial charge in [0, 0.05) is 14.1 Å². The van der Waals surface area contributed by atoms with Crippen LogP contribution in [0.3, 0.4) is 0 Å². The van der Waals surface area contributed by atoms with E-state index in [-0.39, 0.29) is 21.0 Å². The number of rotatable bonds is 5. The molecule has 0 aliphatic rings. The third-order valence-electron chi connectivity index (χ3n) is 3.78. The zero-order chi connectivity index (χ0) is 19.8. The molecule has 0 atom stereocenters. The molecule has 0 radical (unpaired) electrons. The summed E-state index contributed by atoms with van der Waals surface area (Å²) in [5, 5.41) is 0. The van der Waals surface area contributed by atoms with Gasteiger partial charge in [0.1, 0.15) is 10.6 Å². The van der Waals surface area contributed by atoms with E-state index >= 15 is 0 Å². The van der Waals surface area contributed by atoms with Gasteiger partial charge in [-0.1, -0.05) is 39.0 Å². The molecular formula is C18H23NO5S2. The first-order chi connectivity index (χ1) is 11.8. The zero-order valence-corrected chi connectivity index (χ0v) is 17.1. The number of nitrogens with zero attached hydrogens (tertiary/aromatic N) is 1. The van der Waals surface area contributed by atoms with Crippen LogP contribution in [0.4, 0.5) is 0 Å². The molecule has 0 fully saturated rings. The predicted molar refractivity (Wildman–Crippen MR) is 100 cm³/mol. The summed E-state index contributed by atoms with van der Waals surface area (Å²) in [6, 6.07) is 11.9. The van der Waals surface area contributed by atoms with Crippen LogP contribution in [0.25, 0.3) is 0 Å². The van der Waals surface area contributed by atoms with E-state index in [1.54, 1.807) is 18.2 Å². The van der Waals surface area contributed by atoms with Gasteiger partial charge in [-0.25, -0.2) is 12.7 Å². The molecule has 0 aliphatic heterocycles. The van der Waals surface area contributed by atoms with Crippen molar-refractivity contribution in [2.45, 2.75) is 36.0 Å². The maximum atomic E-state index is 12.6. The summed E-state index contributed by atoms with van der Waals surface area (Å²) in [6.45, 7) is 6.03. The standard InChI is InChI=1S/C18H23NO5S2/c1-18(2,3)14-8-6-9-15(12-14)24-26(22,23)17-11-7-10-16(13-17)25(20,21)19(4)5/h6-13H,1-5H3. The molecule has 142 valence electrons. The average Bonchev–Trinajstić information content (AvgIpc) is 2.54. The van der Waals surface area contributed by atoms with Crippen molar-refractivity contribution in [3.63, 3.8) is 0 Å². The first kappa shape index (κ1) is 20.4. The second-order valence-corrected chi connectivity index (χ2v) is 10.8. The number of benzene rings is 2. The molecule has 0 heterocycles. The molecule has 0 aliphatic carbocycles. The van der Waals surface area contributed by atoms with E-state index in [2.05, 4.69) is 0 Å². The van der Waals surface area contributed by atoms with E-state index < -0.39 is 20.1 Å². The number of sulfonamides is 1. The van der Waals surface area contributed by atoms with Gasteiger partial charge >= 0.3 is 10.1 Å². The van der Waals surface area contributed by atoms with E-state index in [1.165, 1.54) is 32.3 Å². The minimum absolute atomic E-state index is 0.115. The van der Waals surface area contributed by atoms with Crippen molar-refractivity contribution < 1.29 is 21.0 Å². The molecule has 8 heteroatoms. The topological polar surface area (TPSA) is 80.8 Å². The lowest BCUT2D eigenvalue weighted by Crippen LogP contribution is -2.22. The van der Waals surface area contributed by atoms with Crippen LogP contribution in [-0.2, 0) is 25.6 Å². The molecule has 0 saturated carbocycles. The molecule has 0 bridgehead atoms. The van der Waals surface area contributed by atoms with Crippen molar-refractivity contribution in [3.8, 4) is 5.75 Å². The molecule has 0 aromatic heterocycles. The van der Waals surface area contributed by atoms with Crippen molar-refractivity contribution in [1.82, 2.24) is 4.31 Å². The Hall–Kier alpha value is -1.90. The van der Waals surface area contributed by atoms with Gasteiger partial charge in [-0.2, -0.15) is 8.42 Å². The van der Waals surface area contributed by atoms with Crippen LogP contribution in [0.5, 0.6) is 5.75 Å². The minimum Gasteiger partial charge on any atom is -0.379 e. The van der Waals surface area contributed by atoms with Crippen LogP contribution in [0.2, 0.25) is 0 Å². The zero-order valence-electron chi connectivity index (χ0n) is 15.4. The van der Waals surface area contributed by atoms with Gasteiger partial charge in [0.05, 0.1) is 4.90 Å². The van der Waals surface area contributed by atoms with Crippen molar-refractivity contribution in [2.24, 2.45) is 0 Å². The largest absolute Gasteiger partial charge is 0.379 e. The molecule has 2 aromatic carbocycles. The molecule has 2 aromatic rings. The van der Waals surface area contributed by atoms with Crippen LogP contribution in [0, 0.1) is 0 Å². The predicted octanol–water partition coefficient (Wildman–Crippen LogP) is 3.00. The molecule has 0 unspecified atom stereocenters. The van der Waals surface area contributed by atoms with E-state index in [0.717, 1.165) is 15.9 Å². The highest BCUT2D eigenvalue weighted by Crippen LogP contribution is 2.28. The van der Waals surface area contributed by atoms with Gasteiger partial charge in [-0.15, -0.1) is 0 Å². The summed E-state index contributed by atoms with van der Waals surface area (Å²) in [5.41, 5.74) is 0.761. The second-order valence-electron chi connectivity index (χ2n) is 7.08. The summed E-state index contributed by atoms with van der Waals surface area (Å²) >= 11 is 0. The van der Waals surface area contributed by atoms with Gasteiger partial charge in [-0.3, -0.25) is 0 Å². The summed E-state index contributed by atoms with van der Waals surface area (Å²) in [4.78, 5) is -0.336. The van der Waals surface area contributed by atoms with Gasteiger partial charge in [0.2, 0.25) is 10.0 Å². The van der Waals surface area contributed by atoms with Crippen LogP contribution in [0.15, 0.2) is 58.3 Å². The summed E-state index contributed by atoms with van der Waals surface area (Å²) in [7, 11) is -5.15. The maximum absolute atomic E-state index is 12.6. The Kier molecular flexibility index (Phi) is 5.51. The van der Waals surface area contributed by atoms with E-state index in [0.29, 0.717) is 0 Å². The molecule has 2 rings (SSSR count). The van der Waals surface area contributed by atoms with Gasteiger partial charge in [-0.05, 0) is 41.3 Å². The van der Waals surface area contributed by atoms with E-state index in [9.17, 15) is 16.8 Å². The van der Waals surface area contributed by atoms with E-state index in [1.807, 2.05) is 26.8 Å². The SMILES string of the molecule is CN(C)S(=O)(=O)c1cccc(S(=O)(=O)Oc2cccc(C(C)(C)C)c2)c1. The third kappa shape index (κ3) is 4.44. The maximum Gasteiger partial charge on any atom is 0.339 e. The third-order valence-corrected chi connectivity index (χ3v) is 6.83. The first-order valence-corrected chi connectivity index (χ1v) is 10.8. The number of hydrogen-bond acceptors (Lipinski definition) is 5. The smallest absolute Gasteiger partial charge is 0.339 e. The molecular weight excluding hydrogens is 374 g/mol. The Balaban J connectivity index is 2.41. The monoisotopic (exact) mass is 397 g/mol. The fourth-order valence-electron chi connectivity index (χ4n) is 2.19. The lowest BCUT2D eigenvalue weighted by atomic mass is 9.87. The lowest BCUT2D eigenvalue weighted by molar-refractivity contribution is 0.483. The molecule has 0 amide bonds. The van der Waals surface area contributed by atoms with Crippen molar-refractivity contribution in [3.05, 3.63) is 54.1 Å². The average molecular weight is 398 g/mol. The summed E-state index contributed by atoms with van der Waals surface area (Å²) < 4.78 is 55.8. The fraction of sp³-hybridized carbons (Fsp3) is 0.333. The minimum atomic E-state index is -4.17. The molecule has 6 nitrogen and oxygen atoms in total. The lowest BCUT2D eigenvalue weighted by Gasteiger charge is -2.19. The van der Waals surface area contributed by atoms with Crippen molar-refractivity contribution in [2.75, 3.05) is 14.1 Å². The fourth-order valence-corrected chi connectivity index (χ4v) is 4.18. The quantitative estimate of drug-likeness (QED) is 0.725. The normalized spacial score (nSPS) is 13.0. The highest BCUT2D eigenvalue weighted by atomic mass is 32.2. The van der Waals surface area contributed by atoms with Gasteiger partial charge < -0.3 is 4.18 Å². The van der Waals surface area contributed by atoms with E-state index in [4.69, 9.17) is 4.18 Å². The Bertz CT molecular complexity index is 1000. The summed E-state index contributed by atoms with van der Waals surface area (Å²) in [6.07, 6.45) is 0. The summed E-state index contributed by atoms with van der Waals surface area (Å²) in [5.74, 6) is 0.179. The van der Waals surface area contributed by atoms with Crippen LogP contribution < -0.4 is 4.18 Å². The highest BCUT2D eigenvalue weighted by Gasteiger charge is 2.23. The van der Waals surface area contributed by atoms with Crippen LogP contribution in [-0.4, -0.2) is 35.2 Å². The molecule has 0 spiro atoms. The second kappa shape index (κ2) is 7.02. The Morgan fingerprint density at radius 3 is 2.00 bits per heavy atom. The van der Waals surface area contributed by atoms with Gasteiger partial charge in [0.15, 0.2) is 0 Å². The van der Waals surface area contributed by atoms with Crippen molar-refractivity contribution >= 4 is 20.1 Å². The molecule has 0 saturated heterocycles. The molecule has 26 heavy (non-hydrogen) atoms. The molecule has 0 N–H and O–H groups in total. The Labute approximate surface area is 155 Å². The highest BCUT2D eigenvalue weighted by molar-refractivity contribution is 7.89. The number of hydrogen-bond donors (Lipinski definition) is 0. The first-order valence-electron chi connectivity index (χ1n) is 7.92. The Morgan fingerprint density at radius 1 is 0.846 bits per heavy atom. The van der Waals surface area contributed by atoms with Gasteiger partial charge in [0.25, 0.3) is 0 Å². The van der Waals surface area contributed by atoms with Crippen LogP contribution >= 0.6 is 0 Å².